The van der Waals surface area contributed by atoms with Crippen molar-refractivity contribution in [1.29, 1.82) is 5.41 Å². The number of aromatic nitrogens is 3. The van der Waals surface area contributed by atoms with Crippen molar-refractivity contribution in [3.8, 4) is 23.1 Å². The molecule has 0 saturated heterocycles. The average molecular weight is 564 g/mol. The van der Waals surface area contributed by atoms with Crippen LogP contribution in [0.3, 0.4) is 0 Å². The van der Waals surface area contributed by atoms with Crippen LogP contribution in [0.4, 0.5) is 25.1 Å². The van der Waals surface area contributed by atoms with Gasteiger partial charge in [-0.05, 0) is 64.8 Å². The molecule has 3 aromatic rings. The lowest BCUT2D eigenvalue weighted by Gasteiger charge is -2.28. The molecule has 0 aliphatic carbocycles. The van der Waals surface area contributed by atoms with Crippen molar-refractivity contribution in [2.45, 2.75) is 46.3 Å². The summed E-state index contributed by atoms with van der Waals surface area (Å²) in [7, 11) is 3.10. The fourth-order valence-electron chi connectivity index (χ4n) is 3.58. The summed E-state index contributed by atoms with van der Waals surface area (Å²) in [6.45, 7) is 8.28. The summed E-state index contributed by atoms with van der Waals surface area (Å²) < 4.78 is 32.7. The van der Waals surface area contributed by atoms with Gasteiger partial charge in [-0.25, -0.2) is 28.5 Å². The smallest absolute Gasteiger partial charge is 0.410 e. The highest BCUT2D eigenvalue weighted by molar-refractivity contribution is 6.02. The second-order valence-corrected chi connectivity index (χ2v) is 10.1. The SMILES string of the molecule is CNc1c(C(C)=N)ncnc1-c1cc(C#Cc2cc(F)cc(F)c2)nc(NC(=O)C(C)N(C)C(=O)OC(C)(C)C)c1. The minimum absolute atomic E-state index is 0.0838. The Kier molecular flexibility index (Phi) is 9.34. The summed E-state index contributed by atoms with van der Waals surface area (Å²) in [5.74, 6) is 3.43. The van der Waals surface area contributed by atoms with Crippen molar-refractivity contribution < 1.29 is 23.1 Å². The number of hydrogen-bond acceptors (Lipinski definition) is 8. The van der Waals surface area contributed by atoms with Crippen LogP contribution in [0.25, 0.3) is 11.3 Å². The molecule has 0 saturated carbocycles. The van der Waals surface area contributed by atoms with E-state index in [0.717, 1.165) is 23.1 Å². The fraction of sp³-hybridized carbons (Fsp3) is 0.310. The number of carbonyl (C=O) groups excluding carboxylic acids is 2. The molecule has 2 aromatic heterocycles. The lowest BCUT2D eigenvalue weighted by atomic mass is 10.1. The van der Waals surface area contributed by atoms with Crippen molar-refractivity contribution in [1.82, 2.24) is 19.9 Å². The number of nitrogens with zero attached hydrogens (tertiary/aromatic N) is 4. The van der Waals surface area contributed by atoms with Crippen LogP contribution in [-0.2, 0) is 9.53 Å². The van der Waals surface area contributed by atoms with Crippen LogP contribution >= 0.6 is 0 Å². The minimum atomic E-state index is -0.931. The van der Waals surface area contributed by atoms with Crippen LogP contribution in [0.15, 0.2) is 36.7 Å². The Labute approximate surface area is 237 Å². The Morgan fingerprint density at radius 2 is 1.73 bits per heavy atom. The van der Waals surface area contributed by atoms with E-state index in [-0.39, 0.29) is 22.8 Å². The molecule has 0 fully saturated rings. The predicted octanol–water partition coefficient (Wildman–Crippen LogP) is 4.84. The monoisotopic (exact) mass is 563 g/mol. The molecule has 2 heterocycles. The molecule has 1 atom stereocenters. The number of pyridine rings is 1. The summed E-state index contributed by atoms with van der Waals surface area (Å²) >= 11 is 0. The van der Waals surface area contributed by atoms with Gasteiger partial charge in [-0.1, -0.05) is 5.92 Å². The number of amides is 2. The molecule has 214 valence electrons. The number of hydrogen-bond donors (Lipinski definition) is 3. The van der Waals surface area contributed by atoms with Gasteiger partial charge in [-0.3, -0.25) is 9.69 Å². The van der Waals surface area contributed by atoms with Crippen LogP contribution in [0.1, 0.15) is 51.6 Å². The van der Waals surface area contributed by atoms with E-state index in [2.05, 4.69) is 37.4 Å². The minimum Gasteiger partial charge on any atom is -0.444 e. The molecule has 41 heavy (non-hydrogen) atoms. The van der Waals surface area contributed by atoms with Gasteiger partial charge in [0.1, 0.15) is 46.8 Å². The lowest BCUT2D eigenvalue weighted by Crippen LogP contribution is -2.45. The van der Waals surface area contributed by atoms with Crippen LogP contribution in [0.2, 0.25) is 0 Å². The summed E-state index contributed by atoms with van der Waals surface area (Å²) in [5, 5.41) is 13.8. The van der Waals surface area contributed by atoms with E-state index in [0.29, 0.717) is 22.6 Å². The van der Waals surface area contributed by atoms with E-state index in [4.69, 9.17) is 10.1 Å². The Morgan fingerprint density at radius 1 is 1.07 bits per heavy atom. The molecular formula is C29H31F2N7O3. The third-order valence-electron chi connectivity index (χ3n) is 5.64. The van der Waals surface area contributed by atoms with Gasteiger partial charge in [-0.15, -0.1) is 0 Å². The molecule has 3 rings (SSSR count). The van der Waals surface area contributed by atoms with Gasteiger partial charge >= 0.3 is 6.09 Å². The second-order valence-electron chi connectivity index (χ2n) is 10.1. The van der Waals surface area contributed by atoms with E-state index in [1.165, 1.54) is 20.3 Å². The Bertz CT molecular complexity index is 1540. The maximum Gasteiger partial charge on any atom is 0.410 e. The maximum atomic E-state index is 13.7. The van der Waals surface area contributed by atoms with Crippen molar-refractivity contribution in [2.75, 3.05) is 24.7 Å². The number of rotatable bonds is 6. The van der Waals surface area contributed by atoms with E-state index in [1.807, 2.05) is 0 Å². The molecule has 2 amide bonds. The molecule has 0 aliphatic rings. The van der Waals surface area contributed by atoms with Crippen molar-refractivity contribution in [2.24, 2.45) is 0 Å². The normalized spacial score (nSPS) is 11.5. The van der Waals surface area contributed by atoms with E-state index in [1.54, 1.807) is 46.9 Å². The first-order valence-electron chi connectivity index (χ1n) is 12.5. The third-order valence-corrected chi connectivity index (χ3v) is 5.64. The average Bonchev–Trinajstić information content (AvgIpc) is 2.88. The Hall–Kier alpha value is -4.92. The molecule has 10 nitrogen and oxygen atoms in total. The molecule has 12 heteroatoms. The molecule has 0 radical (unpaired) electrons. The number of benzene rings is 1. The zero-order valence-electron chi connectivity index (χ0n) is 23.8. The number of anilines is 2. The van der Waals surface area contributed by atoms with Crippen LogP contribution in [0.5, 0.6) is 0 Å². The number of ether oxygens (including phenoxy) is 1. The first kappa shape index (κ1) is 30.6. The van der Waals surface area contributed by atoms with Gasteiger partial charge in [0, 0.05) is 31.3 Å². The van der Waals surface area contributed by atoms with Gasteiger partial charge in [-0.2, -0.15) is 0 Å². The zero-order chi connectivity index (χ0) is 30.5. The fourth-order valence-corrected chi connectivity index (χ4v) is 3.58. The zero-order valence-corrected chi connectivity index (χ0v) is 23.8. The third kappa shape index (κ3) is 8.04. The molecule has 1 aromatic carbocycles. The molecule has 3 N–H and O–H groups in total. The van der Waals surface area contributed by atoms with Crippen molar-refractivity contribution >= 4 is 29.2 Å². The highest BCUT2D eigenvalue weighted by Crippen LogP contribution is 2.30. The highest BCUT2D eigenvalue weighted by Gasteiger charge is 2.27. The van der Waals surface area contributed by atoms with Gasteiger partial charge in [0.15, 0.2) is 0 Å². The number of nitrogens with one attached hydrogen (secondary N) is 3. The van der Waals surface area contributed by atoms with Gasteiger partial charge in [0.25, 0.3) is 0 Å². The van der Waals surface area contributed by atoms with E-state index in [9.17, 15) is 18.4 Å². The van der Waals surface area contributed by atoms with E-state index < -0.39 is 35.3 Å². The van der Waals surface area contributed by atoms with Crippen LogP contribution < -0.4 is 10.6 Å². The highest BCUT2D eigenvalue weighted by atomic mass is 19.1. The van der Waals surface area contributed by atoms with Gasteiger partial charge < -0.3 is 20.8 Å². The van der Waals surface area contributed by atoms with Gasteiger partial charge in [0.05, 0.1) is 17.1 Å². The first-order valence-corrected chi connectivity index (χ1v) is 12.5. The van der Waals surface area contributed by atoms with Crippen molar-refractivity contribution in [3.63, 3.8) is 0 Å². The number of carbonyl (C=O) groups is 2. The maximum absolute atomic E-state index is 13.7. The largest absolute Gasteiger partial charge is 0.444 e. The summed E-state index contributed by atoms with van der Waals surface area (Å²) in [5.41, 5.74) is 1.41. The summed E-state index contributed by atoms with van der Waals surface area (Å²) in [6, 6.07) is 5.11. The molecule has 0 aliphatic heterocycles. The summed E-state index contributed by atoms with van der Waals surface area (Å²) in [4.78, 5) is 39.7. The topological polar surface area (TPSA) is 133 Å². The molecule has 0 bridgehead atoms. The Balaban J connectivity index is 2.06. The first-order chi connectivity index (χ1) is 19.2. The van der Waals surface area contributed by atoms with Crippen LogP contribution in [-0.4, -0.2) is 63.3 Å². The van der Waals surface area contributed by atoms with Gasteiger partial charge in [0.2, 0.25) is 5.91 Å². The second kappa shape index (κ2) is 12.5. The lowest BCUT2D eigenvalue weighted by molar-refractivity contribution is -0.120. The molecule has 0 spiro atoms. The standard InChI is InChI=1S/C29H31F2N7O3/c1-16(32)24-26(33-6)25(35-15-34-24)19-12-22(9-8-18-10-20(30)14-21(31)11-18)36-23(13-19)37-27(39)17(2)38(7)28(40)41-29(3,4)5/h10-15,17,32-33H,1-7H3,(H,36,37,39). The van der Waals surface area contributed by atoms with E-state index >= 15 is 0 Å². The predicted molar refractivity (Wildman–Crippen MR) is 152 cm³/mol. The number of likely N-dealkylation sites (N-methyl/N-ethyl adjacent to an activating group) is 1. The van der Waals surface area contributed by atoms with Crippen LogP contribution in [0, 0.1) is 28.9 Å². The number of halogens is 2. The summed E-state index contributed by atoms with van der Waals surface area (Å²) in [6.07, 6.45) is 0.631. The molecule has 1 unspecified atom stereocenters. The Morgan fingerprint density at radius 3 is 2.32 bits per heavy atom. The molecular weight excluding hydrogens is 532 g/mol. The quantitative estimate of drug-likeness (QED) is 0.289. The van der Waals surface area contributed by atoms with Crippen molar-refractivity contribution in [3.05, 3.63) is 65.2 Å².